The maximum Gasteiger partial charge on any atom is 0.270 e. The van der Waals surface area contributed by atoms with E-state index in [1.165, 1.54) is 18.3 Å². The third-order valence-corrected chi connectivity index (χ3v) is 3.52. The summed E-state index contributed by atoms with van der Waals surface area (Å²) in [5.74, 6) is -0.552. The molecule has 2 heterocycles. The molecule has 120 valence electrons. The van der Waals surface area contributed by atoms with E-state index in [0.29, 0.717) is 6.54 Å². The van der Waals surface area contributed by atoms with E-state index in [-0.39, 0.29) is 29.3 Å². The number of anilines is 2. The van der Waals surface area contributed by atoms with Crippen LogP contribution in [0.15, 0.2) is 36.5 Å². The number of carbonyl (C=O) groups is 1. The molecule has 1 aromatic heterocycles. The Balaban J connectivity index is 1.64. The topological polar surface area (TPSA) is 76.1 Å². The lowest BCUT2D eigenvalue weighted by molar-refractivity contribution is 0.0853. The van der Waals surface area contributed by atoms with Gasteiger partial charge in [-0.2, -0.15) is 0 Å². The number of hydrogen-bond acceptors (Lipinski definition) is 5. The van der Waals surface area contributed by atoms with Gasteiger partial charge < -0.3 is 15.4 Å². The van der Waals surface area contributed by atoms with E-state index in [1.807, 2.05) is 0 Å². The number of nitrogens with one attached hydrogen (secondary N) is 2. The normalized spacial score (nSPS) is 17.0. The zero-order chi connectivity index (χ0) is 16.1. The van der Waals surface area contributed by atoms with Crippen LogP contribution in [-0.4, -0.2) is 35.1 Å². The average molecular weight is 316 g/mol. The second-order valence-electron chi connectivity index (χ2n) is 5.22. The number of halogens is 1. The van der Waals surface area contributed by atoms with Gasteiger partial charge in [-0.15, -0.1) is 0 Å². The molecule has 1 amide bonds. The number of benzene rings is 1. The Morgan fingerprint density at radius 3 is 3.00 bits per heavy atom. The fourth-order valence-electron chi connectivity index (χ4n) is 2.33. The highest BCUT2D eigenvalue weighted by atomic mass is 19.1. The standard InChI is InChI=1S/C16H17FN4O2/c17-12-5-1-2-6-13(12)20-16-18-8-7-14(21-16)15(22)19-10-11-4-3-9-23-11/h1-2,5-8,11H,3-4,9-10H2,(H,19,22)(H,18,20,21). The van der Waals surface area contributed by atoms with Crippen molar-refractivity contribution in [1.29, 1.82) is 0 Å². The molecule has 0 saturated carbocycles. The first kappa shape index (κ1) is 15.4. The summed E-state index contributed by atoms with van der Waals surface area (Å²) in [6.45, 7) is 1.20. The summed E-state index contributed by atoms with van der Waals surface area (Å²) in [4.78, 5) is 20.2. The predicted octanol–water partition coefficient (Wildman–Crippen LogP) is 2.27. The number of hydrogen-bond donors (Lipinski definition) is 2. The Labute approximate surface area is 133 Å². The minimum atomic E-state index is -0.413. The van der Waals surface area contributed by atoms with Gasteiger partial charge in [-0.3, -0.25) is 4.79 Å². The molecule has 0 bridgehead atoms. The molecular weight excluding hydrogens is 299 g/mol. The number of amides is 1. The zero-order valence-corrected chi connectivity index (χ0v) is 12.5. The molecule has 7 heteroatoms. The van der Waals surface area contributed by atoms with E-state index < -0.39 is 5.82 Å². The van der Waals surface area contributed by atoms with E-state index in [9.17, 15) is 9.18 Å². The first-order valence-corrected chi connectivity index (χ1v) is 7.47. The molecule has 23 heavy (non-hydrogen) atoms. The Morgan fingerprint density at radius 2 is 2.22 bits per heavy atom. The van der Waals surface area contributed by atoms with E-state index in [4.69, 9.17) is 4.74 Å². The number of ether oxygens (including phenoxy) is 1. The van der Waals surface area contributed by atoms with Gasteiger partial charge >= 0.3 is 0 Å². The molecule has 2 aromatic rings. The van der Waals surface area contributed by atoms with Crippen LogP contribution in [0.25, 0.3) is 0 Å². The molecule has 1 aromatic carbocycles. The van der Waals surface area contributed by atoms with E-state index in [0.717, 1.165) is 19.4 Å². The van der Waals surface area contributed by atoms with Crippen LogP contribution in [0.1, 0.15) is 23.3 Å². The van der Waals surface area contributed by atoms with Crippen molar-refractivity contribution in [2.75, 3.05) is 18.5 Å². The highest BCUT2D eigenvalue weighted by Gasteiger charge is 2.17. The molecule has 2 N–H and O–H groups in total. The van der Waals surface area contributed by atoms with Gasteiger partial charge in [0.25, 0.3) is 5.91 Å². The molecule has 3 rings (SSSR count). The second-order valence-corrected chi connectivity index (χ2v) is 5.22. The zero-order valence-electron chi connectivity index (χ0n) is 12.5. The molecule has 1 aliphatic rings. The summed E-state index contributed by atoms with van der Waals surface area (Å²) in [7, 11) is 0. The minimum absolute atomic E-state index is 0.0665. The average Bonchev–Trinajstić information content (AvgIpc) is 3.08. The van der Waals surface area contributed by atoms with Crippen molar-refractivity contribution in [1.82, 2.24) is 15.3 Å². The van der Waals surface area contributed by atoms with Crippen LogP contribution in [0.5, 0.6) is 0 Å². The van der Waals surface area contributed by atoms with Gasteiger partial charge in [0, 0.05) is 19.3 Å². The monoisotopic (exact) mass is 316 g/mol. The molecule has 1 saturated heterocycles. The maximum atomic E-state index is 13.6. The van der Waals surface area contributed by atoms with Gasteiger partial charge in [-0.05, 0) is 31.0 Å². The van der Waals surface area contributed by atoms with Gasteiger partial charge in [-0.25, -0.2) is 14.4 Å². The summed E-state index contributed by atoms with van der Waals surface area (Å²) < 4.78 is 19.1. The van der Waals surface area contributed by atoms with Gasteiger partial charge in [0.15, 0.2) is 0 Å². The highest BCUT2D eigenvalue weighted by Crippen LogP contribution is 2.16. The molecule has 0 aliphatic carbocycles. The van der Waals surface area contributed by atoms with Crippen LogP contribution in [0.2, 0.25) is 0 Å². The number of nitrogens with zero attached hydrogens (tertiary/aromatic N) is 2. The number of aromatic nitrogens is 2. The Kier molecular flexibility index (Phi) is 4.77. The van der Waals surface area contributed by atoms with Crippen molar-refractivity contribution >= 4 is 17.5 Å². The number of carbonyl (C=O) groups excluding carboxylic acids is 1. The summed E-state index contributed by atoms with van der Waals surface area (Å²) in [6.07, 6.45) is 3.49. The predicted molar refractivity (Wildman–Crippen MR) is 83.0 cm³/mol. The van der Waals surface area contributed by atoms with Crippen molar-refractivity contribution in [2.24, 2.45) is 0 Å². The van der Waals surface area contributed by atoms with Crippen LogP contribution < -0.4 is 10.6 Å². The van der Waals surface area contributed by atoms with Gasteiger partial charge in [-0.1, -0.05) is 12.1 Å². The minimum Gasteiger partial charge on any atom is -0.376 e. The fourth-order valence-corrected chi connectivity index (χ4v) is 2.33. The summed E-state index contributed by atoms with van der Waals surface area (Å²) in [5, 5.41) is 5.55. The summed E-state index contributed by atoms with van der Waals surface area (Å²) >= 11 is 0. The summed E-state index contributed by atoms with van der Waals surface area (Å²) in [5.41, 5.74) is 0.473. The third-order valence-electron chi connectivity index (χ3n) is 3.52. The van der Waals surface area contributed by atoms with Crippen LogP contribution in [0, 0.1) is 5.82 Å². The van der Waals surface area contributed by atoms with Gasteiger partial charge in [0.05, 0.1) is 11.8 Å². The van der Waals surface area contributed by atoms with Crippen LogP contribution in [-0.2, 0) is 4.74 Å². The van der Waals surface area contributed by atoms with Crippen molar-refractivity contribution < 1.29 is 13.9 Å². The molecule has 0 spiro atoms. The number of rotatable bonds is 5. The lowest BCUT2D eigenvalue weighted by atomic mass is 10.2. The van der Waals surface area contributed by atoms with Gasteiger partial charge in [0.1, 0.15) is 11.5 Å². The Hall–Kier alpha value is -2.54. The van der Waals surface area contributed by atoms with Crippen molar-refractivity contribution in [3.05, 3.63) is 48.0 Å². The van der Waals surface area contributed by atoms with Crippen molar-refractivity contribution in [2.45, 2.75) is 18.9 Å². The van der Waals surface area contributed by atoms with Crippen molar-refractivity contribution in [3.63, 3.8) is 0 Å². The number of para-hydroxylation sites is 1. The first-order chi connectivity index (χ1) is 11.2. The SMILES string of the molecule is O=C(NCC1CCCO1)c1ccnc(Nc2ccccc2F)n1. The molecule has 1 unspecified atom stereocenters. The highest BCUT2D eigenvalue weighted by molar-refractivity contribution is 5.92. The maximum absolute atomic E-state index is 13.6. The Morgan fingerprint density at radius 1 is 1.35 bits per heavy atom. The quantitative estimate of drug-likeness (QED) is 0.885. The molecule has 6 nitrogen and oxygen atoms in total. The van der Waals surface area contributed by atoms with Crippen LogP contribution in [0.4, 0.5) is 16.0 Å². The smallest absolute Gasteiger partial charge is 0.270 e. The molecular formula is C16H17FN4O2. The van der Waals surface area contributed by atoms with E-state index >= 15 is 0 Å². The third kappa shape index (κ3) is 4.01. The lowest BCUT2D eigenvalue weighted by Crippen LogP contribution is -2.32. The molecule has 1 atom stereocenters. The fraction of sp³-hybridized carbons (Fsp3) is 0.312. The largest absolute Gasteiger partial charge is 0.376 e. The lowest BCUT2D eigenvalue weighted by Gasteiger charge is -2.11. The summed E-state index contributed by atoms with van der Waals surface area (Å²) in [6, 6.07) is 7.71. The van der Waals surface area contributed by atoms with Crippen LogP contribution in [0.3, 0.4) is 0 Å². The molecule has 0 radical (unpaired) electrons. The molecule has 1 aliphatic heterocycles. The Bertz CT molecular complexity index is 689. The molecule has 1 fully saturated rings. The van der Waals surface area contributed by atoms with E-state index in [1.54, 1.807) is 18.2 Å². The van der Waals surface area contributed by atoms with E-state index in [2.05, 4.69) is 20.6 Å². The van der Waals surface area contributed by atoms with Gasteiger partial charge in [0.2, 0.25) is 5.95 Å². The second kappa shape index (κ2) is 7.15. The van der Waals surface area contributed by atoms with Crippen LogP contribution >= 0.6 is 0 Å². The first-order valence-electron chi connectivity index (χ1n) is 7.47. The van der Waals surface area contributed by atoms with Crippen molar-refractivity contribution in [3.8, 4) is 0 Å².